The van der Waals surface area contributed by atoms with Gasteiger partial charge in [0.1, 0.15) is 0 Å². The van der Waals surface area contributed by atoms with Gasteiger partial charge in [-0.3, -0.25) is 0 Å². The number of anilines is 2. The minimum Gasteiger partial charge on any atom is -0.399 e. The first-order valence-corrected chi connectivity index (χ1v) is 7.21. The van der Waals surface area contributed by atoms with E-state index in [2.05, 4.69) is 49.6 Å². The second kappa shape index (κ2) is 4.81. The molecule has 0 bridgehead atoms. The van der Waals surface area contributed by atoms with E-state index in [1.165, 1.54) is 23.4 Å². The molecule has 1 aromatic rings. The van der Waals surface area contributed by atoms with E-state index >= 15 is 0 Å². The summed E-state index contributed by atoms with van der Waals surface area (Å²) in [5.41, 5.74) is 9.25. The summed E-state index contributed by atoms with van der Waals surface area (Å²) < 4.78 is 0.414. The van der Waals surface area contributed by atoms with Crippen LogP contribution in [-0.4, -0.2) is 23.6 Å². The molecular weight excluding hydrogens is 228 g/mol. The molecule has 17 heavy (non-hydrogen) atoms. The van der Waals surface area contributed by atoms with Crippen LogP contribution in [0.1, 0.15) is 25.8 Å². The van der Waals surface area contributed by atoms with Crippen LogP contribution in [0.25, 0.3) is 0 Å². The van der Waals surface area contributed by atoms with Gasteiger partial charge in [-0.05, 0) is 37.1 Å². The lowest BCUT2D eigenvalue weighted by molar-refractivity contribution is 0.638. The smallest absolute Gasteiger partial charge is 0.0370 e. The lowest BCUT2D eigenvalue weighted by Gasteiger charge is -2.24. The number of aryl methyl sites for hydroxylation is 1. The van der Waals surface area contributed by atoms with Crippen LogP contribution in [0.4, 0.5) is 11.4 Å². The number of nitrogen functional groups attached to an aromatic ring is 1. The Balaban J connectivity index is 2.14. The topological polar surface area (TPSA) is 29.3 Å². The first kappa shape index (κ1) is 12.6. The third-order valence-corrected chi connectivity index (χ3v) is 4.83. The quantitative estimate of drug-likeness (QED) is 0.775. The lowest BCUT2D eigenvalue weighted by atomic mass is 10.1. The predicted octanol–water partition coefficient (Wildman–Crippen LogP) is 3.30. The molecule has 0 atom stereocenters. The minimum atomic E-state index is 0.414. The van der Waals surface area contributed by atoms with E-state index in [9.17, 15) is 0 Å². The van der Waals surface area contributed by atoms with E-state index < -0.39 is 0 Å². The number of hydrogen-bond acceptors (Lipinski definition) is 3. The molecular formula is C14H22N2S. The van der Waals surface area contributed by atoms with Crippen LogP contribution in [0.2, 0.25) is 0 Å². The van der Waals surface area contributed by atoms with Crippen LogP contribution in [0.5, 0.6) is 0 Å². The van der Waals surface area contributed by atoms with Crippen molar-refractivity contribution in [3.8, 4) is 0 Å². The molecule has 0 saturated carbocycles. The highest BCUT2D eigenvalue weighted by atomic mass is 32.2. The van der Waals surface area contributed by atoms with Gasteiger partial charge < -0.3 is 10.6 Å². The van der Waals surface area contributed by atoms with Crippen molar-refractivity contribution in [2.24, 2.45) is 0 Å². The van der Waals surface area contributed by atoms with Crippen LogP contribution < -0.4 is 10.6 Å². The minimum absolute atomic E-state index is 0.414. The Morgan fingerprint density at radius 2 is 2.06 bits per heavy atom. The van der Waals surface area contributed by atoms with E-state index in [4.69, 9.17) is 5.73 Å². The van der Waals surface area contributed by atoms with E-state index in [-0.39, 0.29) is 0 Å². The molecule has 1 saturated heterocycles. The number of hydrogen-bond donors (Lipinski definition) is 1. The van der Waals surface area contributed by atoms with Crippen molar-refractivity contribution in [1.82, 2.24) is 0 Å². The predicted molar refractivity (Wildman–Crippen MR) is 79.0 cm³/mol. The van der Waals surface area contributed by atoms with Crippen LogP contribution in [0, 0.1) is 6.92 Å². The summed E-state index contributed by atoms with van der Waals surface area (Å²) >= 11 is 2.08. The Bertz CT molecular complexity index is 401. The highest BCUT2D eigenvalue weighted by molar-refractivity contribution is 8.00. The second-order valence-electron chi connectivity index (χ2n) is 5.39. The second-order valence-corrected chi connectivity index (χ2v) is 7.19. The van der Waals surface area contributed by atoms with Crippen molar-refractivity contribution < 1.29 is 0 Å². The summed E-state index contributed by atoms with van der Waals surface area (Å²) in [6.45, 7) is 9.04. The summed E-state index contributed by atoms with van der Waals surface area (Å²) in [7, 11) is 0. The fraction of sp³-hybridized carbons (Fsp3) is 0.571. The third kappa shape index (κ3) is 3.09. The molecule has 3 heteroatoms. The average Bonchev–Trinajstić information content (AvgIpc) is 2.44. The molecule has 1 aromatic carbocycles. The summed E-state index contributed by atoms with van der Waals surface area (Å²) in [4.78, 5) is 2.48. The molecule has 2 rings (SSSR count). The number of rotatable bonds is 1. The van der Waals surface area contributed by atoms with Crippen molar-refractivity contribution in [3.05, 3.63) is 23.8 Å². The zero-order valence-corrected chi connectivity index (χ0v) is 11.8. The highest BCUT2D eigenvalue weighted by Gasteiger charge is 2.23. The van der Waals surface area contributed by atoms with Crippen molar-refractivity contribution >= 4 is 23.1 Å². The number of nitrogens with zero attached hydrogens (tertiary/aromatic N) is 1. The van der Waals surface area contributed by atoms with Crippen molar-refractivity contribution in [2.75, 3.05) is 29.5 Å². The van der Waals surface area contributed by atoms with Crippen molar-refractivity contribution in [1.29, 1.82) is 0 Å². The van der Waals surface area contributed by atoms with Gasteiger partial charge in [0, 0.05) is 35.0 Å². The maximum atomic E-state index is 5.87. The van der Waals surface area contributed by atoms with E-state index in [1.54, 1.807) is 0 Å². The van der Waals surface area contributed by atoms with Crippen LogP contribution in [-0.2, 0) is 0 Å². The molecule has 0 unspecified atom stereocenters. The van der Waals surface area contributed by atoms with Gasteiger partial charge in [0.05, 0.1) is 0 Å². The molecule has 0 amide bonds. The molecule has 1 aliphatic rings. The van der Waals surface area contributed by atoms with Gasteiger partial charge in [0.2, 0.25) is 0 Å². The summed E-state index contributed by atoms with van der Waals surface area (Å²) in [6.07, 6.45) is 1.24. The van der Waals surface area contributed by atoms with Crippen LogP contribution in [0.3, 0.4) is 0 Å². The lowest BCUT2D eigenvalue weighted by Crippen LogP contribution is -2.26. The monoisotopic (exact) mass is 250 g/mol. The van der Waals surface area contributed by atoms with Gasteiger partial charge >= 0.3 is 0 Å². The zero-order chi connectivity index (χ0) is 12.5. The Labute approximate surface area is 109 Å². The Kier molecular flexibility index (Phi) is 3.57. The van der Waals surface area contributed by atoms with Gasteiger partial charge in [-0.15, -0.1) is 0 Å². The third-order valence-electron chi connectivity index (χ3n) is 3.46. The van der Waals surface area contributed by atoms with Crippen molar-refractivity contribution in [2.45, 2.75) is 31.9 Å². The summed E-state index contributed by atoms with van der Waals surface area (Å²) in [6, 6.07) is 6.37. The Morgan fingerprint density at radius 3 is 2.76 bits per heavy atom. The summed E-state index contributed by atoms with van der Waals surface area (Å²) in [5.74, 6) is 1.20. The van der Waals surface area contributed by atoms with Crippen LogP contribution in [0.15, 0.2) is 18.2 Å². The molecule has 94 valence electrons. The van der Waals surface area contributed by atoms with Gasteiger partial charge in [-0.2, -0.15) is 11.8 Å². The van der Waals surface area contributed by atoms with Crippen molar-refractivity contribution in [3.63, 3.8) is 0 Å². The zero-order valence-electron chi connectivity index (χ0n) is 11.0. The molecule has 2 nitrogen and oxygen atoms in total. The average molecular weight is 250 g/mol. The van der Waals surface area contributed by atoms with Gasteiger partial charge in [0.25, 0.3) is 0 Å². The first-order valence-electron chi connectivity index (χ1n) is 6.23. The largest absolute Gasteiger partial charge is 0.399 e. The molecule has 0 aromatic heterocycles. The van der Waals surface area contributed by atoms with Gasteiger partial charge in [-0.1, -0.05) is 13.8 Å². The number of thioether (sulfide) groups is 1. The Hall–Kier alpha value is -0.830. The SMILES string of the molecule is Cc1cc(N2CCSC(C)(C)CC2)ccc1N. The molecule has 0 spiro atoms. The van der Waals surface area contributed by atoms with Crippen LogP contribution >= 0.6 is 11.8 Å². The van der Waals surface area contributed by atoms with E-state index in [0.717, 1.165) is 18.8 Å². The fourth-order valence-corrected chi connectivity index (χ4v) is 3.23. The number of benzene rings is 1. The molecule has 0 aliphatic carbocycles. The maximum Gasteiger partial charge on any atom is 0.0370 e. The highest BCUT2D eigenvalue weighted by Crippen LogP contribution is 2.32. The molecule has 1 heterocycles. The molecule has 2 N–H and O–H groups in total. The standard InChI is InChI=1S/C14H22N2S/c1-11-10-12(4-5-13(11)15)16-7-6-14(2,3)17-9-8-16/h4-5,10H,6-9,15H2,1-3H3. The van der Waals surface area contributed by atoms with Gasteiger partial charge in [0.15, 0.2) is 0 Å². The molecule has 1 fully saturated rings. The van der Waals surface area contributed by atoms with Gasteiger partial charge in [-0.25, -0.2) is 0 Å². The Morgan fingerprint density at radius 1 is 1.29 bits per heavy atom. The number of nitrogens with two attached hydrogens (primary N) is 1. The van der Waals surface area contributed by atoms with E-state index in [0.29, 0.717) is 4.75 Å². The fourth-order valence-electron chi connectivity index (χ4n) is 2.14. The summed E-state index contributed by atoms with van der Waals surface area (Å²) in [5, 5.41) is 0. The molecule has 0 radical (unpaired) electrons. The van der Waals surface area contributed by atoms with E-state index in [1.807, 2.05) is 6.07 Å². The first-order chi connectivity index (χ1) is 7.98. The molecule has 1 aliphatic heterocycles. The normalized spacial score (nSPS) is 20.1. The maximum absolute atomic E-state index is 5.87.